The first-order valence-corrected chi connectivity index (χ1v) is 16.4. The first-order valence-electron chi connectivity index (χ1n) is 15.6. The van der Waals surface area contributed by atoms with Crippen LogP contribution in [0.25, 0.3) is 10.8 Å². The third kappa shape index (κ3) is 7.31. The smallest absolute Gasteiger partial charge is 0.410 e. The van der Waals surface area contributed by atoms with Crippen molar-refractivity contribution in [3.8, 4) is 5.75 Å². The second kappa shape index (κ2) is 14.1. The molecule has 1 aliphatic heterocycles. The van der Waals surface area contributed by atoms with Gasteiger partial charge in [-0.3, -0.25) is 19.3 Å². The van der Waals surface area contributed by atoms with Gasteiger partial charge in [-0.25, -0.2) is 4.79 Å². The van der Waals surface area contributed by atoms with Gasteiger partial charge in [0.25, 0.3) is 11.8 Å². The van der Waals surface area contributed by atoms with Gasteiger partial charge in [0.05, 0.1) is 31.6 Å². The van der Waals surface area contributed by atoms with Crippen molar-refractivity contribution in [3.63, 3.8) is 0 Å². The van der Waals surface area contributed by atoms with Crippen molar-refractivity contribution >= 4 is 61.9 Å². The quantitative estimate of drug-likeness (QED) is 0.233. The van der Waals surface area contributed by atoms with Crippen LogP contribution >= 0.6 is 15.9 Å². The second-order valence-electron chi connectivity index (χ2n) is 12.6. The number of carbonyl (C=O) groups excluding carboxylic acids is 4. The van der Waals surface area contributed by atoms with Crippen LogP contribution in [0.3, 0.4) is 0 Å². The summed E-state index contributed by atoms with van der Waals surface area (Å²) in [6.07, 6.45) is -0.679. The number of hydrogen-bond acceptors (Lipinski definition) is 6. The number of hydrogen-bond donors (Lipinski definition) is 1. The van der Waals surface area contributed by atoms with Gasteiger partial charge in [-0.1, -0.05) is 58.4 Å². The van der Waals surface area contributed by atoms with Crippen molar-refractivity contribution in [2.24, 2.45) is 0 Å². The molecule has 0 aliphatic carbocycles. The average Bonchev–Trinajstić information content (AvgIpc) is 3.17. The molecule has 4 aromatic carbocycles. The number of fused-ring (bicyclic) bond motifs is 2. The summed E-state index contributed by atoms with van der Waals surface area (Å²) in [6.45, 7) is 6.71. The van der Waals surface area contributed by atoms with Gasteiger partial charge in [0.2, 0.25) is 5.91 Å². The summed E-state index contributed by atoms with van der Waals surface area (Å²) in [4.78, 5) is 59.5. The fourth-order valence-corrected chi connectivity index (χ4v) is 5.98. The van der Waals surface area contributed by atoms with E-state index in [4.69, 9.17) is 9.47 Å². The van der Waals surface area contributed by atoms with E-state index < -0.39 is 35.6 Å². The Morgan fingerprint density at radius 3 is 2.31 bits per heavy atom. The van der Waals surface area contributed by atoms with Gasteiger partial charge in [-0.2, -0.15) is 0 Å². The molecule has 0 bridgehead atoms. The number of nitrogens with zero attached hydrogens (tertiary/aromatic N) is 3. The molecule has 1 N–H and O–H groups in total. The van der Waals surface area contributed by atoms with Crippen LogP contribution in [0.4, 0.5) is 16.2 Å². The van der Waals surface area contributed by atoms with E-state index in [1.165, 1.54) is 16.8 Å². The van der Waals surface area contributed by atoms with Crippen molar-refractivity contribution < 1.29 is 28.7 Å². The van der Waals surface area contributed by atoms with Crippen LogP contribution in [0.15, 0.2) is 89.4 Å². The maximum Gasteiger partial charge on any atom is 0.410 e. The number of nitrogens with one attached hydrogen (secondary N) is 1. The summed E-state index contributed by atoms with van der Waals surface area (Å²) in [5.41, 5.74) is 1.44. The van der Waals surface area contributed by atoms with Gasteiger partial charge in [0, 0.05) is 22.6 Å². The maximum atomic E-state index is 14.7. The molecule has 11 heteroatoms. The molecule has 4 amide bonds. The summed E-state index contributed by atoms with van der Waals surface area (Å²) >= 11 is 3.54. The van der Waals surface area contributed by atoms with Gasteiger partial charge in [0.15, 0.2) is 0 Å². The van der Waals surface area contributed by atoms with Crippen molar-refractivity contribution in [3.05, 3.63) is 101 Å². The number of carbonyl (C=O) groups is 4. The Morgan fingerprint density at radius 2 is 1.65 bits per heavy atom. The van der Waals surface area contributed by atoms with Crippen LogP contribution in [-0.2, 0) is 20.9 Å². The Bertz CT molecular complexity index is 1860. The SMILES string of the molecule is COc1ccc2cc(Br)ccc2c1CN1C(=O)[C@@H](NC(=O)[C@H](C)N(C)C(=O)OC(C)(C)C)CN(C(=O)c2ccccc2)c2ccccc21. The highest BCUT2D eigenvalue weighted by atomic mass is 79.9. The third-order valence-electron chi connectivity index (χ3n) is 8.20. The van der Waals surface area contributed by atoms with Crippen LogP contribution in [0.1, 0.15) is 43.6 Å². The minimum absolute atomic E-state index is 0.0884. The molecule has 0 saturated heterocycles. The normalized spacial score (nSPS) is 15.3. The number of anilines is 2. The molecular formula is C37H39BrN4O6. The lowest BCUT2D eigenvalue weighted by Crippen LogP contribution is -2.57. The summed E-state index contributed by atoms with van der Waals surface area (Å²) < 4.78 is 12.1. The maximum absolute atomic E-state index is 14.7. The Kier molecular flexibility index (Phi) is 10.1. The first kappa shape index (κ1) is 34.4. The van der Waals surface area contributed by atoms with Crippen molar-refractivity contribution in [2.75, 3.05) is 30.5 Å². The Hall–Kier alpha value is -4.90. The number of benzene rings is 4. The van der Waals surface area contributed by atoms with E-state index in [1.54, 1.807) is 88.2 Å². The molecule has 0 radical (unpaired) electrons. The first-order chi connectivity index (χ1) is 22.8. The molecule has 250 valence electrons. The fourth-order valence-electron chi connectivity index (χ4n) is 5.60. The summed E-state index contributed by atoms with van der Waals surface area (Å²) in [5.74, 6) is -0.747. The zero-order valence-electron chi connectivity index (χ0n) is 27.8. The van der Waals surface area contributed by atoms with E-state index >= 15 is 0 Å². The molecule has 0 saturated carbocycles. The number of ether oxygens (including phenoxy) is 2. The molecule has 0 spiro atoms. The molecule has 0 fully saturated rings. The van der Waals surface area contributed by atoms with Crippen LogP contribution in [0.2, 0.25) is 0 Å². The highest BCUT2D eigenvalue weighted by molar-refractivity contribution is 9.10. The van der Waals surface area contributed by atoms with Crippen LogP contribution < -0.4 is 19.9 Å². The second-order valence-corrected chi connectivity index (χ2v) is 13.6. The molecule has 5 rings (SSSR count). The average molecular weight is 716 g/mol. The predicted molar refractivity (Wildman–Crippen MR) is 189 cm³/mol. The molecule has 48 heavy (non-hydrogen) atoms. The van der Waals surface area contributed by atoms with Crippen LogP contribution in [0, 0.1) is 0 Å². The summed E-state index contributed by atoms with van der Waals surface area (Å²) in [5, 5.41) is 4.69. The minimum atomic E-state index is -1.16. The highest BCUT2D eigenvalue weighted by Crippen LogP contribution is 2.38. The monoisotopic (exact) mass is 714 g/mol. The van der Waals surface area contributed by atoms with Gasteiger partial charge >= 0.3 is 6.09 Å². The lowest BCUT2D eigenvalue weighted by Gasteiger charge is -2.30. The fraction of sp³-hybridized carbons (Fsp3) is 0.297. The summed E-state index contributed by atoms with van der Waals surface area (Å²) in [6, 6.07) is 23.5. The molecule has 1 heterocycles. The number of para-hydroxylation sites is 2. The Balaban J connectivity index is 1.58. The van der Waals surface area contributed by atoms with E-state index in [2.05, 4.69) is 21.2 Å². The Labute approximate surface area is 288 Å². The molecule has 0 aromatic heterocycles. The molecule has 10 nitrogen and oxygen atoms in total. The largest absolute Gasteiger partial charge is 0.496 e. The topological polar surface area (TPSA) is 108 Å². The van der Waals surface area contributed by atoms with Crippen molar-refractivity contribution in [1.82, 2.24) is 10.2 Å². The molecule has 0 unspecified atom stereocenters. The zero-order valence-corrected chi connectivity index (χ0v) is 29.4. The van der Waals surface area contributed by atoms with Gasteiger partial charge in [-0.15, -0.1) is 0 Å². The van der Waals surface area contributed by atoms with Crippen LogP contribution in [-0.4, -0.2) is 67.1 Å². The third-order valence-corrected chi connectivity index (χ3v) is 8.70. The Morgan fingerprint density at radius 1 is 0.979 bits per heavy atom. The number of amides is 4. The van der Waals surface area contributed by atoms with Crippen LogP contribution in [0.5, 0.6) is 5.75 Å². The van der Waals surface area contributed by atoms with E-state index in [0.717, 1.165) is 20.8 Å². The van der Waals surface area contributed by atoms with E-state index in [1.807, 2.05) is 36.4 Å². The zero-order chi connectivity index (χ0) is 34.7. The van der Waals surface area contributed by atoms with E-state index in [9.17, 15) is 19.2 Å². The lowest BCUT2D eigenvalue weighted by atomic mass is 10.0. The van der Waals surface area contributed by atoms with Gasteiger partial charge in [0.1, 0.15) is 23.4 Å². The number of halogens is 1. The summed E-state index contributed by atoms with van der Waals surface area (Å²) in [7, 11) is 3.04. The lowest BCUT2D eigenvalue weighted by molar-refractivity contribution is -0.130. The van der Waals surface area contributed by atoms with E-state index in [0.29, 0.717) is 22.7 Å². The van der Waals surface area contributed by atoms with Gasteiger partial charge < -0.3 is 24.6 Å². The molecular weight excluding hydrogens is 676 g/mol. The number of likely N-dealkylation sites (N-methyl/N-ethyl adjacent to an activating group) is 1. The minimum Gasteiger partial charge on any atom is -0.496 e. The van der Waals surface area contributed by atoms with Crippen molar-refractivity contribution in [2.45, 2.75) is 51.9 Å². The number of methoxy groups -OCH3 is 1. The standard InChI is InChI=1S/C37H39BrN4O6/c1-23(40(5)36(46)48-37(2,3)4)33(43)39-29-22-42(34(44)24-12-8-7-9-13-24)31-15-11-10-14-30(31)41(35(29)45)21-28-27-18-17-26(38)20-25(27)16-19-32(28)47-6/h7-20,23,29H,21-22H2,1-6H3,(H,39,43)/t23-,29-/m0/s1. The predicted octanol–water partition coefficient (Wildman–Crippen LogP) is 6.54. The molecule has 1 aliphatic rings. The van der Waals surface area contributed by atoms with Gasteiger partial charge in [-0.05, 0) is 80.9 Å². The highest BCUT2D eigenvalue weighted by Gasteiger charge is 2.39. The van der Waals surface area contributed by atoms with Crippen molar-refractivity contribution in [1.29, 1.82) is 0 Å². The molecule has 4 aromatic rings. The van der Waals surface area contributed by atoms with E-state index in [-0.39, 0.29) is 19.0 Å². The number of rotatable bonds is 7. The molecule has 2 atom stereocenters.